The van der Waals surface area contributed by atoms with Crippen molar-refractivity contribution >= 4 is 7.14 Å². The lowest BCUT2D eigenvalue weighted by molar-refractivity contribution is 0.219. The van der Waals surface area contributed by atoms with E-state index in [1.807, 2.05) is 0 Å². The molecule has 12 heavy (non-hydrogen) atoms. The Kier molecular flexibility index (Phi) is 3.37. The summed E-state index contributed by atoms with van der Waals surface area (Å²) in [5.74, 6) is -0.0635. The van der Waals surface area contributed by atoms with Crippen LogP contribution in [0.4, 0.5) is 0 Å². The normalized spacial score (nSPS) is 24.7. The Bertz CT molecular complexity index is 179. The molecule has 0 aromatic rings. The van der Waals surface area contributed by atoms with Crippen LogP contribution in [0.25, 0.3) is 0 Å². The zero-order valence-electron chi connectivity index (χ0n) is 7.99. The lowest BCUT2D eigenvalue weighted by Crippen LogP contribution is -2.12. The maximum absolute atomic E-state index is 12.0. The molecule has 3 heteroatoms. The third-order valence-electron chi connectivity index (χ3n) is 2.55. The molecule has 1 heterocycles. The molecule has 0 bridgehead atoms. The molecular weight excluding hydrogens is 171 g/mol. The molecule has 1 atom stereocenters. The maximum Gasteiger partial charge on any atom is 0.115 e. The molecule has 1 aliphatic rings. The number of aliphatic hydroxyl groups excluding tert-OH is 1. The van der Waals surface area contributed by atoms with Crippen LogP contribution in [0.2, 0.25) is 0 Å². The third kappa shape index (κ3) is 2.34. The van der Waals surface area contributed by atoms with Crippen molar-refractivity contribution in [3.63, 3.8) is 0 Å². The van der Waals surface area contributed by atoms with Crippen LogP contribution in [0.15, 0.2) is 0 Å². The molecule has 0 radical (unpaired) electrons. The summed E-state index contributed by atoms with van der Waals surface area (Å²) >= 11 is 0. The first-order chi connectivity index (χ1) is 5.54. The highest BCUT2D eigenvalue weighted by Crippen LogP contribution is 2.56. The van der Waals surface area contributed by atoms with Gasteiger partial charge >= 0.3 is 0 Å². The monoisotopic (exact) mass is 190 g/mol. The molecule has 0 aliphatic carbocycles. The molecule has 1 fully saturated rings. The van der Waals surface area contributed by atoms with Crippen LogP contribution in [-0.4, -0.2) is 23.3 Å². The van der Waals surface area contributed by atoms with E-state index in [0.717, 1.165) is 25.2 Å². The summed E-state index contributed by atoms with van der Waals surface area (Å²) in [7, 11) is -2.16. The Hall–Kier alpha value is 0.190. The maximum atomic E-state index is 12.0. The standard InChI is InChI=1S/C9H19O2P/c1-8(2)7-9(10)12(11)5-3-4-6-12/h8-10H,3-7H2,1-2H3. The smallest absolute Gasteiger partial charge is 0.115 e. The molecule has 72 valence electrons. The number of aliphatic hydroxyl groups is 1. The Labute approximate surface area is 74.7 Å². The highest BCUT2D eigenvalue weighted by molar-refractivity contribution is 7.64. The van der Waals surface area contributed by atoms with E-state index in [1.165, 1.54) is 0 Å². The zero-order valence-corrected chi connectivity index (χ0v) is 8.89. The average molecular weight is 190 g/mol. The lowest BCUT2D eigenvalue weighted by Gasteiger charge is -2.20. The minimum atomic E-state index is -2.16. The van der Waals surface area contributed by atoms with Gasteiger partial charge in [0.25, 0.3) is 0 Å². The quantitative estimate of drug-likeness (QED) is 0.694. The van der Waals surface area contributed by atoms with E-state index in [4.69, 9.17) is 0 Å². The SMILES string of the molecule is CC(C)CC(O)P1(=O)CCCC1. The highest BCUT2D eigenvalue weighted by atomic mass is 31.2. The Balaban J connectivity index is 2.50. The summed E-state index contributed by atoms with van der Waals surface area (Å²) < 4.78 is 12.0. The van der Waals surface area contributed by atoms with Gasteiger partial charge in [-0.25, -0.2) is 0 Å². The van der Waals surface area contributed by atoms with E-state index in [-0.39, 0.29) is 0 Å². The van der Waals surface area contributed by atoms with E-state index in [0.29, 0.717) is 12.3 Å². The molecule has 1 rings (SSSR count). The van der Waals surface area contributed by atoms with Crippen molar-refractivity contribution in [1.29, 1.82) is 0 Å². The fourth-order valence-corrected chi connectivity index (χ4v) is 4.93. The van der Waals surface area contributed by atoms with Gasteiger partial charge in [-0.15, -0.1) is 0 Å². The first-order valence-electron chi connectivity index (χ1n) is 4.80. The van der Waals surface area contributed by atoms with E-state index < -0.39 is 13.0 Å². The molecule has 0 amide bonds. The summed E-state index contributed by atoms with van der Waals surface area (Å²) in [5.41, 5.74) is 0. The Morgan fingerprint density at radius 1 is 1.33 bits per heavy atom. The number of hydrogen-bond donors (Lipinski definition) is 1. The van der Waals surface area contributed by atoms with Crippen LogP contribution in [0.3, 0.4) is 0 Å². The second-order valence-electron chi connectivity index (χ2n) is 4.22. The number of rotatable bonds is 3. The summed E-state index contributed by atoms with van der Waals surface area (Å²) in [6.07, 6.45) is 4.36. The van der Waals surface area contributed by atoms with Crippen molar-refractivity contribution in [2.75, 3.05) is 12.3 Å². The predicted octanol–water partition coefficient (Wildman–Crippen LogP) is 2.51. The minimum absolute atomic E-state index is 0.450. The van der Waals surface area contributed by atoms with Gasteiger partial charge in [0, 0.05) is 12.3 Å². The minimum Gasteiger partial charge on any atom is -0.385 e. The van der Waals surface area contributed by atoms with E-state index in [2.05, 4.69) is 13.8 Å². The summed E-state index contributed by atoms with van der Waals surface area (Å²) in [4.78, 5) is 0. The molecule has 0 aromatic carbocycles. The van der Waals surface area contributed by atoms with Gasteiger partial charge in [0.05, 0.1) is 0 Å². The molecule has 1 N–H and O–H groups in total. The van der Waals surface area contributed by atoms with Gasteiger partial charge < -0.3 is 9.67 Å². The van der Waals surface area contributed by atoms with Gasteiger partial charge in [0.2, 0.25) is 0 Å². The van der Waals surface area contributed by atoms with Crippen LogP contribution in [0.5, 0.6) is 0 Å². The van der Waals surface area contributed by atoms with Gasteiger partial charge in [-0.1, -0.05) is 13.8 Å². The molecule has 0 aromatic heterocycles. The van der Waals surface area contributed by atoms with Crippen LogP contribution < -0.4 is 0 Å². The van der Waals surface area contributed by atoms with Gasteiger partial charge in [0.1, 0.15) is 13.0 Å². The van der Waals surface area contributed by atoms with Crippen molar-refractivity contribution in [3.05, 3.63) is 0 Å². The third-order valence-corrected chi connectivity index (χ3v) is 5.99. The van der Waals surface area contributed by atoms with Crippen molar-refractivity contribution < 1.29 is 9.67 Å². The van der Waals surface area contributed by atoms with Crippen molar-refractivity contribution in [1.82, 2.24) is 0 Å². The lowest BCUT2D eigenvalue weighted by atomic mass is 10.1. The van der Waals surface area contributed by atoms with Crippen molar-refractivity contribution in [2.45, 2.75) is 39.0 Å². The topological polar surface area (TPSA) is 37.3 Å². The highest BCUT2D eigenvalue weighted by Gasteiger charge is 2.34. The summed E-state index contributed by atoms with van der Waals surface area (Å²) in [6, 6.07) is 0. The van der Waals surface area contributed by atoms with Crippen molar-refractivity contribution in [3.8, 4) is 0 Å². The van der Waals surface area contributed by atoms with Crippen LogP contribution in [0, 0.1) is 5.92 Å². The molecular formula is C9H19O2P. The molecule has 1 saturated heterocycles. The van der Waals surface area contributed by atoms with E-state index >= 15 is 0 Å². The average Bonchev–Trinajstić information content (AvgIpc) is 2.36. The fourth-order valence-electron chi connectivity index (χ4n) is 1.78. The molecule has 0 saturated carbocycles. The van der Waals surface area contributed by atoms with Gasteiger partial charge in [-0.2, -0.15) is 0 Å². The van der Waals surface area contributed by atoms with Crippen LogP contribution in [0.1, 0.15) is 33.1 Å². The fraction of sp³-hybridized carbons (Fsp3) is 1.00. The van der Waals surface area contributed by atoms with Crippen molar-refractivity contribution in [2.24, 2.45) is 5.92 Å². The van der Waals surface area contributed by atoms with Gasteiger partial charge in [-0.05, 0) is 25.2 Å². The second-order valence-corrected chi connectivity index (χ2v) is 7.61. The van der Waals surface area contributed by atoms with Gasteiger partial charge in [0.15, 0.2) is 0 Å². The molecule has 1 aliphatic heterocycles. The molecule has 0 spiro atoms. The first kappa shape index (κ1) is 10.3. The number of hydrogen-bond acceptors (Lipinski definition) is 2. The molecule has 2 nitrogen and oxygen atoms in total. The molecule has 1 unspecified atom stereocenters. The summed E-state index contributed by atoms with van der Waals surface area (Å²) in [6.45, 7) is 4.12. The van der Waals surface area contributed by atoms with Crippen LogP contribution in [-0.2, 0) is 4.57 Å². The van der Waals surface area contributed by atoms with Gasteiger partial charge in [-0.3, -0.25) is 0 Å². The van der Waals surface area contributed by atoms with Crippen LogP contribution >= 0.6 is 7.14 Å². The van der Waals surface area contributed by atoms with E-state index in [9.17, 15) is 9.67 Å². The summed E-state index contributed by atoms with van der Waals surface area (Å²) in [5, 5.41) is 9.72. The largest absolute Gasteiger partial charge is 0.385 e. The first-order valence-corrected chi connectivity index (χ1v) is 6.95. The second kappa shape index (κ2) is 3.93. The zero-order chi connectivity index (χ0) is 9.19. The Morgan fingerprint density at radius 2 is 1.83 bits per heavy atom. The Morgan fingerprint density at radius 3 is 2.25 bits per heavy atom. The van der Waals surface area contributed by atoms with E-state index in [1.54, 1.807) is 0 Å². The predicted molar refractivity (Wildman–Crippen MR) is 52.0 cm³/mol.